The lowest BCUT2D eigenvalue weighted by molar-refractivity contribution is -0.148. The first-order valence-corrected chi connectivity index (χ1v) is 13.4. The molecule has 1 fully saturated rings. The summed E-state index contributed by atoms with van der Waals surface area (Å²) in [5.74, 6) is 0.855. The van der Waals surface area contributed by atoms with Gasteiger partial charge in [0.2, 0.25) is 0 Å². The lowest BCUT2D eigenvalue weighted by Crippen LogP contribution is -2.41. The van der Waals surface area contributed by atoms with Crippen molar-refractivity contribution in [3.05, 3.63) is 53.6 Å². The van der Waals surface area contributed by atoms with E-state index in [1.807, 2.05) is 45.9 Å². The molecule has 0 unspecified atom stereocenters. The first-order valence-electron chi connectivity index (χ1n) is 12.0. The molecule has 2 aromatic rings. The van der Waals surface area contributed by atoms with Gasteiger partial charge >= 0.3 is 6.18 Å². The largest absolute Gasteiger partial charge is 0.493 e. The molecule has 0 spiro atoms. The van der Waals surface area contributed by atoms with Gasteiger partial charge in [0.25, 0.3) is 10.0 Å². The van der Waals surface area contributed by atoms with Gasteiger partial charge in [0.05, 0.1) is 23.7 Å². The van der Waals surface area contributed by atoms with Crippen molar-refractivity contribution in [3.63, 3.8) is 0 Å². The number of aryl methyl sites for hydroxylation is 2. The van der Waals surface area contributed by atoms with Crippen molar-refractivity contribution < 1.29 is 26.3 Å². The van der Waals surface area contributed by atoms with E-state index in [0.717, 1.165) is 11.1 Å². The van der Waals surface area contributed by atoms with E-state index in [4.69, 9.17) is 4.74 Å². The maximum atomic E-state index is 13.6. The fourth-order valence-electron chi connectivity index (χ4n) is 4.36. The van der Waals surface area contributed by atoms with Crippen LogP contribution in [0.15, 0.2) is 47.4 Å². The molecule has 2 aromatic carbocycles. The van der Waals surface area contributed by atoms with Crippen LogP contribution in [0.3, 0.4) is 0 Å². The SMILES string of the molecule is Cc1ccc(N(CC(C)C)S(=O)(=O)c2ccc(OCC3CCN(CC(F)(F)F)CC3)cc2)c(C)c1. The minimum atomic E-state index is -4.17. The number of anilines is 1. The third kappa shape index (κ3) is 7.61. The van der Waals surface area contributed by atoms with Crippen molar-refractivity contribution in [1.82, 2.24) is 4.90 Å². The normalized spacial score (nSPS) is 16.0. The predicted octanol–water partition coefficient (Wildman–Crippen LogP) is 5.81. The zero-order valence-electron chi connectivity index (χ0n) is 20.8. The Morgan fingerprint density at radius 1 is 1.06 bits per heavy atom. The molecule has 0 aliphatic carbocycles. The quantitative estimate of drug-likeness (QED) is 0.426. The first-order chi connectivity index (χ1) is 16.3. The fourth-order valence-corrected chi connectivity index (χ4v) is 6.05. The van der Waals surface area contributed by atoms with Gasteiger partial charge in [-0.1, -0.05) is 31.5 Å². The number of benzene rings is 2. The third-order valence-corrected chi connectivity index (χ3v) is 7.95. The van der Waals surface area contributed by atoms with Gasteiger partial charge in [0.15, 0.2) is 0 Å². The van der Waals surface area contributed by atoms with Crippen molar-refractivity contribution in [2.45, 2.75) is 51.6 Å². The number of hydrogen-bond donors (Lipinski definition) is 0. The number of ether oxygens (including phenoxy) is 1. The highest BCUT2D eigenvalue weighted by Crippen LogP contribution is 2.30. The van der Waals surface area contributed by atoms with Crippen molar-refractivity contribution in [2.75, 3.05) is 37.1 Å². The van der Waals surface area contributed by atoms with Crippen LogP contribution in [0.2, 0.25) is 0 Å². The lowest BCUT2D eigenvalue weighted by Gasteiger charge is -2.32. The van der Waals surface area contributed by atoms with Gasteiger partial charge in [-0.15, -0.1) is 0 Å². The van der Waals surface area contributed by atoms with Crippen LogP contribution >= 0.6 is 0 Å². The Bertz CT molecular complexity index is 1080. The van der Waals surface area contributed by atoms with E-state index in [1.54, 1.807) is 24.3 Å². The molecule has 0 saturated carbocycles. The van der Waals surface area contributed by atoms with Crippen LogP contribution in [0.5, 0.6) is 5.75 Å². The standard InChI is InChI=1S/C26H35F3N2O3S/c1-19(2)16-31(25-10-5-20(3)15-21(25)4)35(32,33)24-8-6-23(7-9-24)34-17-22-11-13-30(14-12-22)18-26(27,28)29/h5-10,15,19,22H,11-14,16-18H2,1-4H3. The number of piperidine rings is 1. The van der Waals surface area contributed by atoms with E-state index in [1.165, 1.54) is 9.21 Å². The molecule has 0 atom stereocenters. The molecule has 1 saturated heterocycles. The number of likely N-dealkylation sites (tertiary alicyclic amines) is 1. The van der Waals surface area contributed by atoms with Crippen molar-refractivity contribution in [1.29, 1.82) is 0 Å². The first kappa shape index (κ1) is 27.3. The van der Waals surface area contributed by atoms with Gasteiger partial charge in [-0.3, -0.25) is 9.21 Å². The molecule has 0 amide bonds. The minimum Gasteiger partial charge on any atom is -0.493 e. The molecule has 1 aliphatic rings. The monoisotopic (exact) mass is 512 g/mol. The summed E-state index contributed by atoms with van der Waals surface area (Å²) in [6.07, 6.45) is -2.89. The summed E-state index contributed by atoms with van der Waals surface area (Å²) in [6.45, 7) is 8.53. The van der Waals surface area contributed by atoms with Crippen LogP contribution in [0, 0.1) is 25.7 Å². The Kier molecular flexibility index (Phi) is 8.75. The summed E-state index contributed by atoms with van der Waals surface area (Å²) < 4.78 is 72.1. The maximum Gasteiger partial charge on any atom is 0.401 e. The van der Waals surface area contributed by atoms with E-state index < -0.39 is 22.7 Å². The average molecular weight is 513 g/mol. The van der Waals surface area contributed by atoms with E-state index in [9.17, 15) is 21.6 Å². The Hall–Kier alpha value is -2.26. The molecule has 0 aromatic heterocycles. The summed E-state index contributed by atoms with van der Waals surface area (Å²) in [4.78, 5) is 1.61. The topological polar surface area (TPSA) is 49.9 Å². The molecular weight excluding hydrogens is 477 g/mol. The second-order valence-electron chi connectivity index (χ2n) is 9.84. The van der Waals surface area contributed by atoms with Crippen molar-refractivity contribution >= 4 is 15.7 Å². The van der Waals surface area contributed by atoms with E-state index in [-0.39, 0.29) is 16.7 Å². The second-order valence-corrected chi connectivity index (χ2v) is 11.7. The molecule has 0 N–H and O–H groups in total. The number of sulfonamides is 1. The molecule has 5 nitrogen and oxygen atoms in total. The maximum absolute atomic E-state index is 13.6. The average Bonchev–Trinajstić information content (AvgIpc) is 2.76. The van der Waals surface area contributed by atoms with Crippen LogP contribution < -0.4 is 9.04 Å². The highest BCUT2D eigenvalue weighted by molar-refractivity contribution is 7.92. The van der Waals surface area contributed by atoms with Gasteiger partial charge in [-0.25, -0.2) is 8.42 Å². The van der Waals surface area contributed by atoms with Crippen LogP contribution in [-0.2, 0) is 10.0 Å². The van der Waals surface area contributed by atoms with E-state index in [2.05, 4.69) is 0 Å². The number of alkyl halides is 3. The van der Waals surface area contributed by atoms with Gasteiger partial charge in [-0.2, -0.15) is 13.2 Å². The molecule has 194 valence electrons. The van der Waals surface area contributed by atoms with Crippen LogP contribution in [0.4, 0.5) is 18.9 Å². The van der Waals surface area contributed by atoms with Gasteiger partial charge < -0.3 is 4.74 Å². The summed E-state index contributed by atoms with van der Waals surface area (Å²) in [5, 5.41) is 0. The Morgan fingerprint density at radius 2 is 1.69 bits per heavy atom. The highest BCUT2D eigenvalue weighted by atomic mass is 32.2. The molecule has 3 rings (SSSR count). The number of nitrogens with zero attached hydrogens (tertiary/aromatic N) is 2. The molecule has 1 heterocycles. The third-order valence-electron chi connectivity index (χ3n) is 6.16. The van der Waals surface area contributed by atoms with Crippen LogP contribution in [-0.4, -0.2) is 52.3 Å². The zero-order valence-corrected chi connectivity index (χ0v) is 21.6. The van der Waals surface area contributed by atoms with Crippen molar-refractivity contribution in [3.8, 4) is 5.75 Å². The van der Waals surface area contributed by atoms with Crippen LogP contribution in [0.1, 0.15) is 37.8 Å². The van der Waals surface area contributed by atoms with Crippen LogP contribution in [0.25, 0.3) is 0 Å². The molecule has 0 radical (unpaired) electrons. The molecule has 0 bridgehead atoms. The molecule has 1 aliphatic heterocycles. The van der Waals surface area contributed by atoms with Crippen molar-refractivity contribution in [2.24, 2.45) is 11.8 Å². The highest BCUT2D eigenvalue weighted by Gasteiger charge is 2.32. The number of hydrogen-bond acceptors (Lipinski definition) is 4. The Morgan fingerprint density at radius 3 is 2.23 bits per heavy atom. The number of rotatable bonds is 9. The smallest absolute Gasteiger partial charge is 0.401 e. The molecule has 35 heavy (non-hydrogen) atoms. The summed E-state index contributed by atoms with van der Waals surface area (Å²) in [5.41, 5.74) is 2.64. The molecular formula is C26H35F3N2O3S. The second kappa shape index (κ2) is 11.2. The Balaban J connectivity index is 1.65. The lowest BCUT2D eigenvalue weighted by atomic mass is 9.98. The van der Waals surface area contributed by atoms with Gasteiger partial charge in [0, 0.05) is 6.54 Å². The summed E-state index contributed by atoms with van der Waals surface area (Å²) >= 11 is 0. The fraction of sp³-hybridized carbons (Fsp3) is 0.538. The minimum absolute atomic E-state index is 0.135. The van der Waals surface area contributed by atoms with E-state index in [0.29, 0.717) is 50.5 Å². The summed E-state index contributed by atoms with van der Waals surface area (Å²) in [7, 11) is -3.78. The zero-order chi connectivity index (χ0) is 25.8. The molecule has 9 heteroatoms. The van der Waals surface area contributed by atoms with E-state index >= 15 is 0 Å². The summed E-state index contributed by atoms with van der Waals surface area (Å²) in [6, 6.07) is 12.1. The number of halogens is 3. The predicted molar refractivity (Wildman–Crippen MR) is 132 cm³/mol. The Labute approximate surface area is 206 Å². The van der Waals surface area contributed by atoms with Gasteiger partial charge in [0.1, 0.15) is 5.75 Å². The van der Waals surface area contributed by atoms with Gasteiger partial charge in [-0.05, 0) is 87.5 Å².